The van der Waals surface area contributed by atoms with Gasteiger partial charge in [-0.3, -0.25) is 9.59 Å². The normalized spacial score (nSPS) is 11.7. The molecule has 0 radical (unpaired) electrons. The highest BCUT2D eigenvalue weighted by molar-refractivity contribution is 7.16. The molecule has 0 saturated carbocycles. The van der Waals surface area contributed by atoms with Gasteiger partial charge in [0.1, 0.15) is 12.3 Å². The first kappa shape index (κ1) is 19.8. The zero-order valence-electron chi connectivity index (χ0n) is 16.6. The first-order valence-corrected chi connectivity index (χ1v) is 10.3. The van der Waals surface area contributed by atoms with Crippen molar-refractivity contribution >= 4 is 44.2 Å². The molecular formula is C23H20N2O4S. The number of aromatic nitrogens is 1. The number of nitrogens with zero attached hydrogens (tertiary/aromatic N) is 2. The lowest BCUT2D eigenvalue weighted by Crippen LogP contribution is -2.22. The highest BCUT2D eigenvalue weighted by Gasteiger charge is 2.13. The maximum atomic E-state index is 12.9. The van der Waals surface area contributed by atoms with E-state index in [0.717, 1.165) is 26.7 Å². The van der Waals surface area contributed by atoms with Crippen LogP contribution < -0.4 is 9.54 Å². The molecule has 0 aliphatic carbocycles. The van der Waals surface area contributed by atoms with Crippen molar-refractivity contribution in [2.75, 3.05) is 13.7 Å². The first-order valence-electron chi connectivity index (χ1n) is 9.50. The maximum absolute atomic E-state index is 12.9. The van der Waals surface area contributed by atoms with Gasteiger partial charge in [0.2, 0.25) is 0 Å². The second-order valence-corrected chi connectivity index (χ2v) is 7.60. The Labute approximate surface area is 177 Å². The fraction of sp³-hybridized carbons (Fsp3) is 0.174. The molecule has 0 unspecified atom stereocenters. The molecule has 0 saturated heterocycles. The van der Waals surface area contributed by atoms with Crippen LogP contribution in [-0.2, 0) is 16.1 Å². The smallest absolute Gasteiger partial charge is 0.325 e. The summed E-state index contributed by atoms with van der Waals surface area (Å²) in [5.74, 6) is -0.0528. The Morgan fingerprint density at radius 3 is 2.60 bits per heavy atom. The summed E-state index contributed by atoms with van der Waals surface area (Å²) in [4.78, 5) is 29.6. The summed E-state index contributed by atoms with van der Waals surface area (Å²) in [6.45, 7) is 2.43. The van der Waals surface area contributed by atoms with Crippen molar-refractivity contribution in [3.63, 3.8) is 0 Å². The molecule has 1 heterocycles. The number of hydrogen-bond donors (Lipinski definition) is 0. The number of amides is 1. The molecule has 0 bridgehead atoms. The number of thiazole rings is 1. The Balaban J connectivity index is 1.81. The molecule has 6 nitrogen and oxygen atoms in total. The molecule has 0 atom stereocenters. The molecular weight excluding hydrogens is 400 g/mol. The standard InChI is InChI=1S/C23H20N2O4S/c1-3-29-18-10-11-19-20(13-18)30-23(25(19)14-21(26)28-2)24-22(27)17-9-8-15-6-4-5-7-16(15)12-17/h4-13H,3,14H2,1-2H3. The Morgan fingerprint density at radius 2 is 1.83 bits per heavy atom. The van der Waals surface area contributed by atoms with E-state index in [1.165, 1.54) is 18.4 Å². The van der Waals surface area contributed by atoms with Crippen molar-refractivity contribution in [1.29, 1.82) is 0 Å². The van der Waals surface area contributed by atoms with Crippen LogP contribution in [0.4, 0.5) is 0 Å². The summed E-state index contributed by atoms with van der Waals surface area (Å²) >= 11 is 1.33. The Morgan fingerprint density at radius 1 is 1.03 bits per heavy atom. The van der Waals surface area contributed by atoms with Gasteiger partial charge in [-0.15, -0.1) is 0 Å². The van der Waals surface area contributed by atoms with Gasteiger partial charge in [0.05, 0.1) is 23.9 Å². The topological polar surface area (TPSA) is 69.9 Å². The highest BCUT2D eigenvalue weighted by atomic mass is 32.1. The van der Waals surface area contributed by atoms with Crippen molar-refractivity contribution in [1.82, 2.24) is 4.57 Å². The third kappa shape index (κ3) is 3.97. The number of rotatable bonds is 5. The minimum atomic E-state index is -0.414. The second-order valence-electron chi connectivity index (χ2n) is 6.59. The van der Waals surface area contributed by atoms with E-state index < -0.39 is 5.97 Å². The van der Waals surface area contributed by atoms with E-state index in [-0.39, 0.29) is 12.5 Å². The first-order chi connectivity index (χ1) is 14.6. The van der Waals surface area contributed by atoms with Gasteiger partial charge in [0.15, 0.2) is 4.80 Å². The third-order valence-corrected chi connectivity index (χ3v) is 5.71. The second kappa shape index (κ2) is 8.51. The van der Waals surface area contributed by atoms with Crippen LogP contribution in [0.5, 0.6) is 5.75 Å². The summed E-state index contributed by atoms with van der Waals surface area (Å²) < 4.78 is 13.0. The van der Waals surface area contributed by atoms with E-state index in [1.807, 2.05) is 61.5 Å². The number of esters is 1. The number of ether oxygens (including phenoxy) is 2. The monoisotopic (exact) mass is 420 g/mol. The lowest BCUT2D eigenvalue weighted by Gasteiger charge is -2.05. The quantitative estimate of drug-likeness (QED) is 0.455. The van der Waals surface area contributed by atoms with E-state index in [9.17, 15) is 9.59 Å². The number of carbonyl (C=O) groups excluding carboxylic acids is 2. The van der Waals surface area contributed by atoms with Crippen LogP contribution in [0.15, 0.2) is 65.7 Å². The Hall–Kier alpha value is -3.45. The number of hydrogen-bond acceptors (Lipinski definition) is 5. The van der Waals surface area contributed by atoms with Crippen LogP contribution in [0.3, 0.4) is 0 Å². The summed E-state index contributed by atoms with van der Waals surface area (Å²) in [7, 11) is 1.34. The molecule has 4 aromatic rings. The van der Waals surface area contributed by atoms with Gasteiger partial charge in [-0.05, 0) is 48.0 Å². The van der Waals surface area contributed by atoms with Crippen LogP contribution in [0.25, 0.3) is 21.0 Å². The van der Waals surface area contributed by atoms with Gasteiger partial charge >= 0.3 is 5.97 Å². The zero-order chi connectivity index (χ0) is 21.1. The summed E-state index contributed by atoms with van der Waals surface area (Å²) in [5.41, 5.74) is 1.28. The SMILES string of the molecule is CCOc1ccc2c(c1)sc(=NC(=O)c1ccc3ccccc3c1)n2CC(=O)OC. The predicted octanol–water partition coefficient (Wildman–Crippen LogP) is 4.17. The maximum Gasteiger partial charge on any atom is 0.325 e. The van der Waals surface area contributed by atoms with Gasteiger partial charge < -0.3 is 14.0 Å². The third-order valence-electron chi connectivity index (χ3n) is 4.67. The van der Waals surface area contributed by atoms with Gasteiger partial charge in [-0.25, -0.2) is 0 Å². The van der Waals surface area contributed by atoms with Crippen molar-refractivity contribution in [3.05, 3.63) is 71.0 Å². The Bertz CT molecular complexity index is 1320. The van der Waals surface area contributed by atoms with Crippen LogP contribution in [0.2, 0.25) is 0 Å². The predicted molar refractivity (Wildman–Crippen MR) is 117 cm³/mol. The lowest BCUT2D eigenvalue weighted by atomic mass is 10.1. The molecule has 1 amide bonds. The molecule has 30 heavy (non-hydrogen) atoms. The minimum absolute atomic E-state index is 0.0334. The number of benzene rings is 3. The number of methoxy groups -OCH3 is 1. The lowest BCUT2D eigenvalue weighted by molar-refractivity contribution is -0.141. The summed E-state index contributed by atoms with van der Waals surface area (Å²) in [6, 6.07) is 18.9. The van der Waals surface area contributed by atoms with Crippen LogP contribution in [0.1, 0.15) is 17.3 Å². The van der Waals surface area contributed by atoms with Gasteiger partial charge in [0, 0.05) is 5.56 Å². The Kier molecular flexibility index (Phi) is 5.63. The largest absolute Gasteiger partial charge is 0.494 e. The molecule has 152 valence electrons. The van der Waals surface area contributed by atoms with Gasteiger partial charge in [-0.1, -0.05) is 41.7 Å². The van der Waals surface area contributed by atoms with Gasteiger partial charge in [-0.2, -0.15) is 4.99 Å². The van der Waals surface area contributed by atoms with Crippen LogP contribution in [-0.4, -0.2) is 30.2 Å². The molecule has 1 aromatic heterocycles. The number of fused-ring (bicyclic) bond motifs is 2. The molecule has 3 aromatic carbocycles. The van der Waals surface area contributed by atoms with Crippen LogP contribution >= 0.6 is 11.3 Å². The van der Waals surface area contributed by atoms with Crippen molar-refractivity contribution < 1.29 is 19.1 Å². The number of carbonyl (C=O) groups is 2. The van der Waals surface area contributed by atoms with E-state index in [4.69, 9.17) is 9.47 Å². The average Bonchev–Trinajstić information content (AvgIpc) is 3.09. The van der Waals surface area contributed by atoms with Gasteiger partial charge in [0.25, 0.3) is 5.91 Å². The molecule has 4 rings (SSSR count). The van der Waals surface area contributed by atoms with E-state index in [2.05, 4.69) is 4.99 Å². The molecule has 0 aliphatic rings. The van der Waals surface area contributed by atoms with Crippen LogP contribution in [0, 0.1) is 0 Å². The molecule has 0 aliphatic heterocycles. The van der Waals surface area contributed by atoms with E-state index >= 15 is 0 Å². The molecule has 0 fully saturated rings. The van der Waals surface area contributed by atoms with Crippen molar-refractivity contribution in [2.45, 2.75) is 13.5 Å². The molecule has 0 spiro atoms. The fourth-order valence-corrected chi connectivity index (χ4v) is 4.27. The average molecular weight is 420 g/mol. The minimum Gasteiger partial charge on any atom is -0.494 e. The van der Waals surface area contributed by atoms with E-state index in [0.29, 0.717) is 17.0 Å². The molecule has 7 heteroatoms. The summed E-state index contributed by atoms with van der Waals surface area (Å²) in [6.07, 6.45) is 0. The summed E-state index contributed by atoms with van der Waals surface area (Å²) in [5, 5.41) is 2.03. The highest BCUT2D eigenvalue weighted by Crippen LogP contribution is 2.24. The fourth-order valence-electron chi connectivity index (χ4n) is 3.22. The van der Waals surface area contributed by atoms with E-state index in [1.54, 1.807) is 10.6 Å². The zero-order valence-corrected chi connectivity index (χ0v) is 17.4. The van der Waals surface area contributed by atoms with Crippen molar-refractivity contribution in [2.24, 2.45) is 4.99 Å². The van der Waals surface area contributed by atoms with Crippen molar-refractivity contribution in [3.8, 4) is 5.75 Å². The molecule has 0 N–H and O–H groups in total.